The SMILES string of the molecule is COC1CN(CCCO)CC[C@H]1CNC(=O)c1cc(C)cc2c1OCCCO2. The molecule has 0 aromatic heterocycles. The van der Waals surface area contributed by atoms with Crippen LogP contribution in [0.1, 0.15) is 35.2 Å². The van der Waals surface area contributed by atoms with Crippen LogP contribution < -0.4 is 14.8 Å². The zero-order valence-corrected chi connectivity index (χ0v) is 16.9. The second-order valence-corrected chi connectivity index (χ2v) is 7.60. The number of amides is 1. The summed E-state index contributed by atoms with van der Waals surface area (Å²) in [5, 5.41) is 12.1. The molecule has 0 spiro atoms. The van der Waals surface area contributed by atoms with Crippen LogP contribution in [0.5, 0.6) is 11.5 Å². The van der Waals surface area contributed by atoms with Crippen molar-refractivity contribution in [1.29, 1.82) is 0 Å². The van der Waals surface area contributed by atoms with Crippen LogP contribution in [-0.2, 0) is 4.74 Å². The monoisotopic (exact) mass is 392 g/mol. The smallest absolute Gasteiger partial charge is 0.255 e. The maximum Gasteiger partial charge on any atom is 0.255 e. The van der Waals surface area contributed by atoms with Crippen LogP contribution in [0.25, 0.3) is 0 Å². The molecule has 1 aromatic carbocycles. The Kier molecular flexibility index (Phi) is 7.53. The number of nitrogens with zero attached hydrogens (tertiary/aromatic N) is 1. The van der Waals surface area contributed by atoms with Crippen LogP contribution in [0.4, 0.5) is 0 Å². The van der Waals surface area contributed by atoms with Gasteiger partial charge >= 0.3 is 0 Å². The van der Waals surface area contributed by atoms with Crippen LogP contribution in [-0.4, -0.2) is 75.1 Å². The molecule has 28 heavy (non-hydrogen) atoms. The summed E-state index contributed by atoms with van der Waals surface area (Å²) < 4.78 is 17.2. The maximum atomic E-state index is 12.9. The van der Waals surface area contributed by atoms with E-state index in [0.717, 1.165) is 44.5 Å². The van der Waals surface area contributed by atoms with E-state index >= 15 is 0 Å². The molecule has 1 aromatic rings. The average molecular weight is 392 g/mol. The van der Waals surface area contributed by atoms with Gasteiger partial charge in [-0.3, -0.25) is 4.79 Å². The van der Waals surface area contributed by atoms with E-state index in [9.17, 15) is 4.79 Å². The molecule has 2 N–H and O–H groups in total. The number of aliphatic hydroxyl groups is 1. The molecule has 0 aliphatic carbocycles. The van der Waals surface area contributed by atoms with Crippen LogP contribution >= 0.6 is 0 Å². The van der Waals surface area contributed by atoms with E-state index in [2.05, 4.69) is 10.2 Å². The van der Waals surface area contributed by atoms with Gasteiger partial charge in [-0.2, -0.15) is 0 Å². The Morgan fingerprint density at radius 2 is 2.18 bits per heavy atom. The molecular weight excluding hydrogens is 360 g/mol. The second kappa shape index (κ2) is 10.1. The summed E-state index contributed by atoms with van der Waals surface area (Å²) in [6.07, 6.45) is 2.61. The quantitative estimate of drug-likeness (QED) is 0.734. The molecule has 3 rings (SSSR count). The van der Waals surface area contributed by atoms with Crippen molar-refractivity contribution >= 4 is 5.91 Å². The number of aryl methyl sites for hydroxylation is 1. The van der Waals surface area contributed by atoms with Crippen LogP contribution in [0.15, 0.2) is 12.1 Å². The third kappa shape index (κ3) is 5.16. The summed E-state index contributed by atoms with van der Waals surface area (Å²) in [4.78, 5) is 15.2. The summed E-state index contributed by atoms with van der Waals surface area (Å²) in [7, 11) is 1.72. The maximum absolute atomic E-state index is 12.9. The van der Waals surface area contributed by atoms with E-state index in [-0.39, 0.29) is 24.5 Å². The fraction of sp³-hybridized carbons (Fsp3) is 0.667. The topological polar surface area (TPSA) is 80.3 Å². The summed E-state index contributed by atoms with van der Waals surface area (Å²) in [6, 6.07) is 3.77. The summed E-state index contributed by atoms with van der Waals surface area (Å²) in [5.41, 5.74) is 1.51. The number of likely N-dealkylation sites (tertiary alicyclic amines) is 1. The molecule has 2 heterocycles. The van der Waals surface area contributed by atoms with Crippen molar-refractivity contribution in [3.8, 4) is 11.5 Å². The number of benzene rings is 1. The number of methoxy groups -OCH3 is 1. The van der Waals surface area contributed by atoms with Gasteiger partial charge < -0.3 is 29.5 Å². The molecule has 1 fully saturated rings. The summed E-state index contributed by atoms with van der Waals surface area (Å²) >= 11 is 0. The minimum atomic E-state index is -0.136. The van der Waals surface area contributed by atoms with Gasteiger partial charge in [0.15, 0.2) is 11.5 Å². The van der Waals surface area contributed by atoms with E-state index in [1.54, 1.807) is 7.11 Å². The van der Waals surface area contributed by atoms with Gasteiger partial charge in [0.1, 0.15) is 0 Å². The molecule has 7 heteroatoms. The van der Waals surface area contributed by atoms with Crippen molar-refractivity contribution in [3.63, 3.8) is 0 Å². The molecule has 0 radical (unpaired) electrons. The molecule has 156 valence electrons. The minimum absolute atomic E-state index is 0.0713. The molecule has 1 saturated heterocycles. The number of ether oxygens (including phenoxy) is 3. The van der Waals surface area contributed by atoms with Gasteiger partial charge in [-0.25, -0.2) is 0 Å². The number of piperidine rings is 1. The lowest BCUT2D eigenvalue weighted by Crippen LogP contribution is -2.48. The lowest BCUT2D eigenvalue weighted by Gasteiger charge is -2.37. The van der Waals surface area contributed by atoms with E-state index in [4.69, 9.17) is 19.3 Å². The van der Waals surface area contributed by atoms with Gasteiger partial charge in [0.05, 0.1) is 24.9 Å². The zero-order chi connectivity index (χ0) is 19.9. The number of fused-ring (bicyclic) bond motifs is 1. The van der Waals surface area contributed by atoms with Crippen LogP contribution in [0, 0.1) is 12.8 Å². The first kappa shape index (κ1) is 20.9. The zero-order valence-electron chi connectivity index (χ0n) is 16.9. The van der Waals surface area contributed by atoms with Crippen molar-refractivity contribution in [2.45, 2.75) is 32.3 Å². The van der Waals surface area contributed by atoms with Crippen LogP contribution in [0.3, 0.4) is 0 Å². The molecule has 2 aliphatic rings. The Morgan fingerprint density at radius 1 is 1.36 bits per heavy atom. The Hall–Kier alpha value is -1.83. The molecule has 1 unspecified atom stereocenters. The highest BCUT2D eigenvalue weighted by Gasteiger charge is 2.30. The molecular formula is C21H32N2O5. The van der Waals surface area contributed by atoms with Crippen LogP contribution in [0.2, 0.25) is 0 Å². The van der Waals surface area contributed by atoms with Crippen molar-refractivity contribution in [1.82, 2.24) is 10.2 Å². The highest BCUT2D eigenvalue weighted by Crippen LogP contribution is 2.34. The predicted octanol–water partition coefficient (Wildman–Crippen LogP) is 1.61. The molecule has 0 saturated carbocycles. The molecule has 0 bridgehead atoms. The first-order chi connectivity index (χ1) is 13.6. The first-order valence-electron chi connectivity index (χ1n) is 10.2. The summed E-state index contributed by atoms with van der Waals surface area (Å²) in [6.45, 7) is 6.53. The van der Waals surface area contributed by atoms with E-state index in [1.165, 1.54) is 0 Å². The average Bonchev–Trinajstić information content (AvgIpc) is 2.95. The van der Waals surface area contributed by atoms with Crippen molar-refractivity contribution in [2.75, 3.05) is 53.1 Å². The number of carbonyl (C=O) groups is 1. The van der Waals surface area contributed by atoms with E-state index in [1.807, 2.05) is 19.1 Å². The van der Waals surface area contributed by atoms with Gasteiger partial charge in [0.25, 0.3) is 5.91 Å². The molecule has 2 aliphatic heterocycles. The molecule has 2 atom stereocenters. The Balaban J connectivity index is 1.62. The lowest BCUT2D eigenvalue weighted by atomic mass is 9.93. The van der Waals surface area contributed by atoms with Gasteiger partial charge in [-0.1, -0.05) is 0 Å². The van der Waals surface area contributed by atoms with Gasteiger partial charge in [0, 0.05) is 45.7 Å². The summed E-state index contributed by atoms with van der Waals surface area (Å²) in [5.74, 6) is 1.32. The number of carbonyl (C=O) groups excluding carboxylic acids is 1. The number of nitrogens with one attached hydrogen (secondary N) is 1. The third-order valence-corrected chi connectivity index (χ3v) is 5.48. The van der Waals surface area contributed by atoms with Crippen molar-refractivity contribution in [2.24, 2.45) is 5.92 Å². The largest absolute Gasteiger partial charge is 0.490 e. The molecule has 7 nitrogen and oxygen atoms in total. The fourth-order valence-electron chi connectivity index (χ4n) is 3.93. The highest BCUT2D eigenvalue weighted by atomic mass is 16.5. The Morgan fingerprint density at radius 3 is 2.96 bits per heavy atom. The van der Waals surface area contributed by atoms with Gasteiger partial charge in [-0.15, -0.1) is 0 Å². The van der Waals surface area contributed by atoms with Crippen molar-refractivity contribution in [3.05, 3.63) is 23.3 Å². The number of aliphatic hydroxyl groups excluding tert-OH is 1. The lowest BCUT2D eigenvalue weighted by molar-refractivity contribution is -0.0116. The number of hydrogen-bond donors (Lipinski definition) is 2. The highest BCUT2D eigenvalue weighted by molar-refractivity contribution is 5.98. The normalized spacial score (nSPS) is 22.5. The first-order valence-corrected chi connectivity index (χ1v) is 10.2. The fourth-order valence-corrected chi connectivity index (χ4v) is 3.93. The third-order valence-electron chi connectivity index (χ3n) is 5.48. The molecule has 1 amide bonds. The van der Waals surface area contributed by atoms with E-state index in [0.29, 0.717) is 36.8 Å². The van der Waals surface area contributed by atoms with Gasteiger partial charge in [-0.05, 0) is 44.0 Å². The number of rotatable bonds is 7. The minimum Gasteiger partial charge on any atom is -0.490 e. The van der Waals surface area contributed by atoms with Crippen molar-refractivity contribution < 1.29 is 24.1 Å². The second-order valence-electron chi connectivity index (χ2n) is 7.60. The Bertz CT molecular complexity index is 666. The predicted molar refractivity (Wildman–Crippen MR) is 106 cm³/mol. The Labute approximate surface area is 166 Å². The van der Waals surface area contributed by atoms with Gasteiger partial charge in [0.2, 0.25) is 0 Å². The van der Waals surface area contributed by atoms with E-state index < -0.39 is 0 Å². The standard InChI is InChI=1S/C21H32N2O5/c1-15-11-17(20-18(12-15)27-9-4-10-28-20)21(25)22-13-16-5-7-23(6-3-8-24)14-19(16)26-2/h11-12,16,19,24H,3-10,13-14H2,1-2H3,(H,22,25)/t16-,19?/m0/s1. The number of hydrogen-bond acceptors (Lipinski definition) is 6.